The molecule has 5 rings (SSSR count). The summed E-state index contributed by atoms with van der Waals surface area (Å²) in [6.45, 7) is 0.849. The number of methoxy groups -OCH3 is 1. The van der Waals surface area contributed by atoms with E-state index in [4.69, 9.17) is 4.74 Å². The van der Waals surface area contributed by atoms with Crippen LogP contribution < -0.4 is 10.1 Å². The van der Waals surface area contributed by atoms with Gasteiger partial charge in [0.25, 0.3) is 11.8 Å². The van der Waals surface area contributed by atoms with E-state index in [2.05, 4.69) is 5.32 Å². The molecule has 3 amide bonds. The number of carbonyl (C=O) groups is 3. The fraction of sp³-hybridized carbons (Fsp3) is 0.276. The third-order valence-electron chi connectivity index (χ3n) is 7.22. The highest BCUT2D eigenvalue weighted by atomic mass is 16.5. The fourth-order valence-electron chi connectivity index (χ4n) is 5.21. The van der Waals surface area contributed by atoms with E-state index in [1.54, 1.807) is 17.0 Å². The fourth-order valence-corrected chi connectivity index (χ4v) is 5.21. The quantitative estimate of drug-likeness (QED) is 0.445. The molecule has 196 valence electrons. The molecule has 2 aliphatic heterocycles. The Kier molecular flexibility index (Phi) is 7.02. The van der Waals surface area contributed by atoms with E-state index < -0.39 is 24.1 Å². The number of ether oxygens (including phenoxy) is 1. The van der Waals surface area contributed by atoms with E-state index in [9.17, 15) is 24.6 Å². The average Bonchev–Trinajstić information content (AvgIpc) is 3.24. The summed E-state index contributed by atoms with van der Waals surface area (Å²) in [6, 6.07) is 19.7. The Labute approximate surface area is 220 Å². The molecule has 3 N–H and O–H groups in total. The summed E-state index contributed by atoms with van der Waals surface area (Å²) in [5.41, 5.74) is 4.35. The number of carboxylic acid groups (broad SMARTS) is 1. The number of hydrogen-bond acceptors (Lipinski definition) is 5. The minimum absolute atomic E-state index is 0.129. The molecular formula is C29H29N3O6. The first-order valence-corrected chi connectivity index (χ1v) is 12.4. The van der Waals surface area contributed by atoms with E-state index in [-0.39, 0.29) is 30.3 Å². The molecule has 2 aliphatic rings. The van der Waals surface area contributed by atoms with Gasteiger partial charge in [0, 0.05) is 31.7 Å². The zero-order valence-electron chi connectivity index (χ0n) is 21.0. The topological polar surface area (TPSA) is 119 Å². The van der Waals surface area contributed by atoms with Crippen LogP contribution in [0.3, 0.4) is 0 Å². The van der Waals surface area contributed by atoms with Gasteiger partial charge in [-0.15, -0.1) is 0 Å². The Bertz CT molecular complexity index is 1380. The highest BCUT2D eigenvalue weighted by molar-refractivity contribution is 6.03. The molecular weight excluding hydrogens is 486 g/mol. The Balaban J connectivity index is 1.29. The van der Waals surface area contributed by atoms with Crippen LogP contribution in [-0.2, 0) is 26.1 Å². The molecule has 0 spiro atoms. The predicted molar refractivity (Wildman–Crippen MR) is 139 cm³/mol. The lowest BCUT2D eigenvalue weighted by Gasteiger charge is -2.37. The van der Waals surface area contributed by atoms with Gasteiger partial charge in [-0.05, 0) is 40.8 Å². The lowest BCUT2D eigenvalue weighted by atomic mass is 9.91. The average molecular weight is 516 g/mol. The van der Waals surface area contributed by atoms with Gasteiger partial charge in [-0.2, -0.15) is 0 Å². The van der Waals surface area contributed by atoms with Crippen molar-refractivity contribution in [3.05, 3.63) is 100 Å². The van der Waals surface area contributed by atoms with Gasteiger partial charge >= 0.3 is 6.09 Å². The summed E-state index contributed by atoms with van der Waals surface area (Å²) in [5, 5.41) is 23.3. The van der Waals surface area contributed by atoms with Gasteiger partial charge in [0.1, 0.15) is 5.75 Å². The highest BCUT2D eigenvalue weighted by Gasteiger charge is 2.35. The molecule has 3 aromatic rings. The Hall–Kier alpha value is -4.37. The van der Waals surface area contributed by atoms with Gasteiger partial charge in [0.05, 0.1) is 24.8 Å². The molecule has 0 fully saturated rings. The molecule has 0 unspecified atom stereocenters. The monoisotopic (exact) mass is 515 g/mol. The van der Waals surface area contributed by atoms with Crippen molar-refractivity contribution in [3.63, 3.8) is 0 Å². The van der Waals surface area contributed by atoms with Crippen LogP contribution in [0.25, 0.3) is 0 Å². The smallest absolute Gasteiger partial charge is 0.407 e. The van der Waals surface area contributed by atoms with Crippen LogP contribution in [0.4, 0.5) is 4.79 Å². The molecule has 0 radical (unpaired) electrons. The maximum absolute atomic E-state index is 13.1. The van der Waals surface area contributed by atoms with Crippen molar-refractivity contribution in [2.45, 2.75) is 38.2 Å². The first-order chi connectivity index (χ1) is 18.4. The van der Waals surface area contributed by atoms with Crippen LogP contribution in [-0.4, -0.2) is 63.7 Å². The molecule has 0 saturated carbocycles. The summed E-state index contributed by atoms with van der Waals surface area (Å²) in [5.74, 6) is -0.351. The molecule has 0 aliphatic carbocycles. The van der Waals surface area contributed by atoms with Gasteiger partial charge in [-0.25, -0.2) is 4.79 Å². The minimum Gasteiger partial charge on any atom is -0.496 e. The van der Waals surface area contributed by atoms with Crippen LogP contribution >= 0.6 is 0 Å². The van der Waals surface area contributed by atoms with Crippen LogP contribution in [0.5, 0.6) is 5.75 Å². The van der Waals surface area contributed by atoms with Crippen LogP contribution in [0.15, 0.2) is 66.7 Å². The first-order valence-electron chi connectivity index (χ1n) is 12.4. The second-order valence-electron chi connectivity index (χ2n) is 9.58. The molecule has 0 saturated heterocycles. The zero-order valence-corrected chi connectivity index (χ0v) is 21.0. The van der Waals surface area contributed by atoms with E-state index in [0.717, 1.165) is 22.3 Å². The second kappa shape index (κ2) is 10.5. The number of benzene rings is 3. The lowest BCUT2D eigenvalue weighted by molar-refractivity contribution is 0.0382. The van der Waals surface area contributed by atoms with Gasteiger partial charge in [-0.3, -0.25) is 14.5 Å². The molecule has 2 heterocycles. The largest absolute Gasteiger partial charge is 0.496 e. The van der Waals surface area contributed by atoms with Gasteiger partial charge in [-0.1, -0.05) is 54.6 Å². The number of aliphatic hydroxyl groups excluding tert-OH is 1. The van der Waals surface area contributed by atoms with Crippen molar-refractivity contribution >= 4 is 17.9 Å². The van der Waals surface area contributed by atoms with Crippen molar-refractivity contribution in [3.8, 4) is 5.75 Å². The molecule has 0 bridgehead atoms. The van der Waals surface area contributed by atoms with Crippen molar-refractivity contribution in [2.75, 3.05) is 13.7 Å². The molecule has 38 heavy (non-hydrogen) atoms. The normalized spacial score (nSPS) is 17.0. The number of amides is 3. The van der Waals surface area contributed by atoms with Crippen molar-refractivity contribution in [1.82, 2.24) is 15.1 Å². The molecule has 2 atom stereocenters. The summed E-state index contributed by atoms with van der Waals surface area (Å²) in [6.07, 6.45) is -1.90. The number of nitrogens with one attached hydrogen (secondary N) is 1. The Morgan fingerprint density at radius 1 is 1.03 bits per heavy atom. The van der Waals surface area contributed by atoms with E-state index in [1.165, 1.54) is 12.0 Å². The van der Waals surface area contributed by atoms with Crippen LogP contribution in [0.1, 0.15) is 43.0 Å². The maximum atomic E-state index is 13.1. The number of carbonyl (C=O) groups excluding carboxylic acids is 2. The number of fused-ring (bicyclic) bond motifs is 2. The van der Waals surface area contributed by atoms with Crippen molar-refractivity contribution in [1.29, 1.82) is 0 Å². The van der Waals surface area contributed by atoms with Crippen LogP contribution in [0, 0.1) is 0 Å². The maximum Gasteiger partial charge on any atom is 0.407 e. The highest BCUT2D eigenvalue weighted by Crippen LogP contribution is 2.31. The summed E-state index contributed by atoms with van der Waals surface area (Å²) < 4.78 is 5.42. The first kappa shape index (κ1) is 25.3. The predicted octanol–water partition coefficient (Wildman–Crippen LogP) is 3.05. The second-order valence-corrected chi connectivity index (χ2v) is 9.58. The standard InChI is InChI=1S/C29H29N3O6/c1-38-26-13-22-21(16-31(28(22)35)15-18-7-3-2-4-8-18)11-23(26)27(34)30-14-25(33)24-12-19-9-5-6-10-20(19)17-32(24)29(36)37/h2-11,13,24-25,33H,12,14-17H2,1H3,(H,30,34)(H,36,37)/t24-,25+/m0/s1. The van der Waals surface area contributed by atoms with Crippen LogP contribution in [0.2, 0.25) is 0 Å². The SMILES string of the molecule is COc1cc2c(cc1C(=O)NC[C@@H](O)[C@@H]1Cc3ccccc3CN1C(=O)O)CN(Cc1ccccc1)C2=O. The number of aliphatic hydroxyl groups is 1. The number of hydrogen-bond donors (Lipinski definition) is 3. The zero-order chi connectivity index (χ0) is 26.8. The van der Waals surface area contributed by atoms with Gasteiger partial charge < -0.3 is 25.2 Å². The third kappa shape index (κ3) is 4.92. The summed E-state index contributed by atoms with van der Waals surface area (Å²) in [4.78, 5) is 41.0. The lowest BCUT2D eigenvalue weighted by Crippen LogP contribution is -2.53. The molecule has 0 aromatic heterocycles. The van der Waals surface area contributed by atoms with Crippen molar-refractivity contribution in [2.24, 2.45) is 0 Å². The van der Waals surface area contributed by atoms with E-state index in [1.807, 2.05) is 54.6 Å². The molecule has 3 aromatic carbocycles. The minimum atomic E-state index is -1.13. The summed E-state index contributed by atoms with van der Waals surface area (Å²) in [7, 11) is 1.43. The van der Waals surface area contributed by atoms with E-state index in [0.29, 0.717) is 25.1 Å². The summed E-state index contributed by atoms with van der Waals surface area (Å²) >= 11 is 0. The van der Waals surface area contributed by atoms with Crippen molar-refractivity contribution < 1.29 is 29.3 Å². The molecule has 9 nitrogen and oxygen atoms in total. The Morgan fingerprint density at radius 3 is 2.45 bits per heavy atom. The number of rotatable bonds is 7. The third-order valence-corrected chi connectivity index (χ3v) is 7.22. The Morgan fingerprint density at radius 2 is 1.74 bits per heavy atom. The molecule has 9 heteroatoms. The van der Waals surface area contributed by atoms with Gasteiger partial charge in [0.15, 0.2) is 0 Å². The van der Waals surface area contributed by atoms with E-state index >= 15 is 0 Å². The van der Waals surface area contributed by atoms with Gasteiger partial charge in [0.2, 0.25) is 0 Å². The number of nitrogens with zero attached hydrogens (tertiary/aromatic N) is 2.